The Morgan fingerprint density at radius 1 is 0.967 bits per heavy atom. The molecule has 0 heterocycles. The number of amides is 1. The lowest BCUT2D eigenvalue weighted by Gasteiger charge is -2.20. The highest BCUT2D eigenvalue weighted by Gasteiger charge is 2.25. The van der Waals surface area contributed by atoms with Gasteiger partial charge in [0.05, 0.1) is 6.04 Å². The van der Waals surface area contributed by atoms with Crippen molar-refractivity contribution in [3.63, 3.8) is 0 Å². The van der Waals surface area contributed by atoms with Crippen LogP contribution in [0.1, 0.15) is 24.0 Å². The zero-order valence-electron chi connectivity index (χ0n) is 16.9. The van der Waals surface area contributed by atoms with Crippen LogP contribution >= 0.6 is 0 Å². The van der Waals surface area contributed by atoms with E-state index < -0.39 is 24.0 Å². The molecule has 7 N–H and O–H groups in total. The zero-order valence-corrected chi connectivity index (χ0v) is 16.9. The van der Waals surface area contributed by atoms with Gasteiger partial charge in [-0.3, -0.25) is 9.79 Å². The fourth-order valence-corrected chi connectivity index (χ4v) is 2.80. The van der Waals surface area contributed by atoms with Gasteiger partial charge < -0.3 is 27.3 Å². The lowest BCUT2D eigenvalue weighted by atomic mass is 10.0. The van der Waals surface area contributed by atoms with Gasteiger partial charge in [0, 0.05) is 13.0 Å². The molecule has 160 valence electrons. The molecular weight excluding hydrogens is 382 g/mol. The van der Waals surface area contributed by atoms with Crippen molar-refractivity contribution >= 4 is 17.8 Å². The lowest BCUT2D eigenvalue weighted by Crippen LogP contribution is -2.49. The third-order valence-electron chi connectivity index (χ3n) is 4.41. The first-order chi connectivity index (χ1) is 14.5. The van der Waals surface area contributed by atoms with E-state index in [1.54, 1.807) is 0 Å². The van der Waals surface area contributed by atoms with E-state index in [-0.39, 0.29) is 12.6 Å². The normalized spacial score (nSPS) is 12.4. The number of nitrogens with one attached hydrogen (secondary N) is 1. The molecular formula is C22H29N5O3. The number of hydrogen-bond acceptors (Lipinski definition) is 5. The third-order valence-corrected chi connectivity index (χ3v) is 4.41. The van der Waals surface area contributed by atoms with Gasteiger partial charge in [-0.1, -0.05) is 60.7 Å². The summed E-state index contributed by atoms with van der Waals surface area (Å²) >= 11 is 0. The number of rotatable bonds is 11. The number of hydrogen-bond donors (Lipinski definition) is 4. The fourth-order valence-electron chi connectivity index (χ4n) is 2.80. The van der Waals surface area contributed by atoms with Crippen LogP contribution in [0.15, 0.2) is 65.7 Å². The summed E-state index contributed by atoms with van der Waals surface area (Å²) in [5, 5.41) is 2.73. The predicted molar refractivity (Wildman–Crippen MR) is 116 cm³/mol. The minimum absolute atomic E-state index is 0.00268. The number of ether oxygens (including phenoxy) is 1. The van der Waals surface area contributed by atoms with Gasteiger partial charge >= 0.3 is 5.97 Å². The molecule has 0 aliphatic heterocycles. The van der Waals surface area contributed by atoms with E-state index in [0.29, 0.717) is 25.8 Å². The van der Waals surface area contributed by atoms with Crippen molar-refractivity contribution in [2.45, 2.75) is 38.0 Å². The summed E-state index contributed by atoms with van der Waals surface area (Å²) in [4.78, 5) is 29.1. The predicted octanol–water partition coefficient (Wildman–Crippen LogP) is 0.838. The first-order valence-corrected chi connectivity index (χ1v) is 9.81. The van der Waals surface area contributed by atoms with Gasteiger partial charge in [-0.15, -0.1) is 0 Å². The molecule has 0 aliphatic carbocycles. The summed E-state index contributed by atoms with van der Waals surface area (Å²) in [6, 6.07) is 17.1. The van der Waals surface area contributed by atoms with Gasteiger partial charge in [0.1, 0.15) is 12.6 Å². The quantitative estimate of drug-likeness (QED) is 0.186. The maximum atomic E-state index is 12.7. The second-order valence-corrected chi connectivity index (χ2v) is 6.90. The third kappa shape index (κ3) is 8.32. The first-order valence-electron chi connectivity index (χ1n) is 9.81. The molecule has 8 nitrogen and oxygen atoms in total. The molecule has 0 bridgehead atoms. The van der Waals surface area contributed by atoms with Crippen molar-refractivity contribution in [3.8, 4) is 0 Å². The largest absolute Gasteiger partial charge is 0.459 e. The van der Waals surface area contributed by atoms with Crippen LogP contribution in [0, 0.1) is 0 Å². The highest BCUT2D eigenvalue weighted by Crippen LogP contribution is 2.08. The van der Waals surface area contributed by atoms with Crippen LogP contribution in [-0.4, -0.2) is 36.5 Å². The van der Waals surface area contributed by atoms with Gasteiger partial charge in [0.25, 0.3) is 0 Å². The van der Waals surface area contributed by atoms with Crippen LogP contribution in [-0.2, 0) is 27.4 Å². The Morgan fingerprint density at radius 2 is 1.57 bits per heavy atom. The molecule has 0 radical (unpaired) electrons. The van der Waals surface area contributed by atoms with Crippen molar-refractivity contribution < 1.29 is 14.3 Å². The van der Waals surface area contributed by atoms with E-state index in [4.69, 9.17) is 21.9 Å². The van der Waals surface area contributed by atoms with Crippen molar-refractivity contribution in [2.75, 3.05) is 6.54 Å². The average molecular weight is 412 g/mol. The number of carbonyl (C=O) groups excluding carboxylic acids is 2. The maximum Gasteiger partial charge on any atom is 0.329 e. The van der Waals surface area contributed by atoms with Crippen molar-refractivity contribution in [3.05, 3.63) is 71.8 Å². The van der Waals surface area contributed by atoms with Gasteiger partial charge in [-0.25, -0.2) is 4.79 Å². The molecule has 0 unspecified atom stereocenters. The fraction of sp³-hybridized carbons (Fsp3) is 0.318. The van der Waals surface area contributed by atoms with E-state index in [0.717, 1.165) is 11.1 Å². The average Bonchev–Trinajstić information content (AvgIpc) is 2.75. The summed E-state index contributed by atoms with van der Waals surface area (Å²) in [5.74, 6) is -0.932. The van der Waals surface area contributed by atoms with Crippen LogP contribution in [0.5, 0.6) is 0 Å². The van der Waals surface area contributed by atoms with Crippen molar-refractivity contribution in [1.29, 1.82) is 0 Å². The van der Waals surface area contributed by atoms with E-state index in [2.05, 4.69) is 10.3 Å². The minimum atomic E-state index is -0.840. The molecule has 2 aromatic carbocycles. The molecule has 0 fully saturated rings. The summed E-state index contributed by atoms with van der Waals surface area (Å²) in [7, 11) is 0. The first kappa shape index (κ1) is 22.9. The minimum Gasteiger partial charge on any atom is -0.459 e. The zero-order chi connectivity index (χ0) is 21.8. The van der Waals surface area contributed by atoms with Crippen molar-refractivity contribution in [2.24, 2.45) is 22.2 Å². The topological polar surface area (TPSA) is 146 Å². The summed E-state index contributed by atoms with van der Waals surface area (Å²) in [6.07, 6.45) is 1.24. The van der Waals surface area contributed by atoms with Crippen LogP contribution in [0.25, 0.3) is 0 Å². The van der Waals surface area contributed by atoms with Crippen molar-refractivity contribution in [1.82, 2.24) is 5.32 Å². The van der Waals surface area contributed by atoms with E-state index >= 15 is 0 Å². The Bertz CT molecular complexity index is 823. The monoisotopic (exact) mass is 411 g/mol. The van der Waals surface area contributed by atoms with Gasteiger partial charge in [-0.05, 0) is 24.0 Å². The molecule has 2 atom stereocenters. The Morgan fingerprint density at radius 3 is 2.17 bits per heavy atom. The second-order valence-electron chi connectivity index (χ2n) is 6.90. The molecule has 2 aromatic rings. The maximum absolute atomic E-state index is 12.7. The van der Waals surface area contributed by atoms with Crippen LogP contribution in [0.4, 0.5) is 0 Å². The lowest BCUT2D eigenvalue weighted by molar-refractivity contribution is -0.149. The summed E-state index contributed by atoms with van der Waals surface area (Å²) in [6.45, 7) is 0.515. The van der Waals surface area contributed by atoms with E-state index in [9.17, 15) is 9.59 Å². The Balaban J connectivity index is 1.96. The molecule has 2 rings (SSSR count). The molecule has 0 aromatic heterocycles. The highest BCUT2D eigenvalue weighted by molar-refractivity contribution is 5.87. The summed E-state index contributed by atoms with van der Waals surface area (Å²) < 4.78 is 5.43. The second kappa shape index (κ2) is 12.2. The number of carbonyl (C=O) groups is 2. The van der Waals surface area contributed by atoms with Gasteiger partial charge in [0.2, 0.25) is 5.91 Å². The molecule has 0 saturated heterocycles. The Kier molecular flexibility index (Phi) is 9.33. The SMILES string of the molecule is NC(N)=NCCC[C@H](N)C(=O)N[C@@H](Cc1ccccc1)C(=O)OCc1ccccc1. The highest BCUT2D eigenvalue weighted by atomic mass is 16.5. The number of nitrogens with two attached hydrogens (primary N) is 3. The number of aliphatic imine (C=N–C) groups is 1. The van der Waals surface area contributed by atoms with E-state index in [1.165, 1.54) is 0 Å². The smallest absolute Gasteiger partial charge is 0.329 e. The molecule has 1 amide bonds. The Hall–Kier alpha value is -3.39. The number of benzene rings is 2. The number of nitrogens with zero attached hydrogens (tertiary/aromatic N) is 1. The van der Waals surface area contributed by atoms with Gasteiger partial charge in [0.15, 0.2) is 5.96 Å². The molecule has 0 aliphatic rings. The molecule has 8 heteroatoms. The standard InChI is InChI=1S/C22H29N5O3/c23-18(12-7-13-26-22(24)25)20(28)27-19(14-16-8-3-1-4-9-16)21(29)30-15-17-10-5-2-6-11-17/h1-6,8-11,18-19H,7,12-15,23H2,(H,27,28)(H4,24,25,26)/t18-,19-/m0/s1. The number of guanidine groups is 1. The van der Waals surface area contributed by atoms with Crippen LogP contribution in [0.2, 0.25) is 0 Å². The van der Waals surface area contributed by atoms with E-state index in [1.807, 2.05) is 60.7 Å². The summed E-state index contributed by atoms with van der Waals surface area (Å²) in [5.41, 5.74) is 18.3. The van der Waals surface area contributed by atoms with Crippen LogP contribution in [0.3, 0.4) is 0 Å². The Labute approximate surface area is 176 Å². The van der Waals surface area contributed by atoms with Crippen LogP contribution < -0.4 is 22.5 Å². The number of esters is 1. The molecule has 30 heavy (non-hydrogen) atoms. The van der Waals surface area contributed by atoms with Gasteiger partial charge in [-0.2, -0.15) is 0 Å². The molecule has 0 spiro atoms. The molecule has 0 saturated carbocycles.